The molecule has 0 N–H and O–H groups in total. The summed E-state index contributed by atoms with van der Waals surface area (Å²) in [6, 6.07) is 52.4. The Morgan fingerprint density at radius 2 is 0.481 bits per heavy atom. The van der Waals surface area contributed by atoms with Gasteiger partial charge in [0.05, 0.1) is 36.3 Å². The Labute approximate surface area is 675 Å². The van der Waals surface area contributed by atoms with E-state index in [1.807, 2.05) is 36.4 Å². The van der Waals surface area contributed by atoms with Gasteiger partial charge < -0.3 is 79.1 Å². The van der Waals surface area contributed by atoms with Gasteiger partial charge in [0.25, 0.3) is 0 Å². The smallest absolute Gasteiger partial charge is 1.00 e. The summed E-state index contributed by atoms with van der Waals surface area (Å²) in [5, 5.41) is 0. The molecule has 0 amide bonds. The summed E-state index contributed by atoms with van der Waals surface area (Å²) in [5.74, 6) is 2.11. The zero-order valence-electron chi connectivity index (χ0n) is 69.2. The molecular weight excluding hydrogens is 1430 g/mol. The van der Waals surface area contributed by atoms with Crippen LogP contribution in [0, 0.1) is 65.7 Å². The van der Waals surface area contributed by atoms with E-state index in [9.17, 15) is 0 Å². The van der Waals surface area contributed by atoms with Crippen LogP contribution in [0.2, 0.25) is 0 Å². The molecule has 0 saturated carbocycles. The minimum atomic E-state index is -1.86. The first kappa shape index (κ1) is 93.3. The van der Waals surface area contributed by atoms with Gasteiger partial charge in [-0.05, 0) is 180 Å². The van der Waals surface area contributed by atoms with Gasteiger partial charge in [0.1, 0.15) is 0 Å². The molecule has 0 radical (unpaired) electrons. The zero-order chi connectivity index (χ0) is 75.2. The van der Waals surface area contributed by atoms with E-state index in [2.05, 4.69) is 432 Å². The average Bonchev–Trinajstić information content (AvgIpc) is 1.55. The number of hydrogen-bond donors (Lipinski definition) is 0. The summed E-state index contributed by atoms with van der Waals surface area (Å²) < 4.78 is 27.7. The summed E-state index contributed by atoms with van der Waals surface area (Å²) in [7, 11) is 0. The average molecular weight is 1560 g/mol. The number of aromatic nitrogens is 12. The van der Waals surface area contributed by atoms with Crippen LogP contribution in [0.5, 0.6) is 0 Å². The van der Waals surface area contributed by atoms with E-state index < -0.39 is 13.1 Å². The molecular formula is C88H126B2Cl2Fe2N12. The van der Waals surface area contributed by atoms with Crippen LogP contribution in [0.1, 0.15) is 294 Å². The Morgan fingerprint density at radius 3 is 0.632 bits per heavy atom. The van der Waals surface area contributed by atoms with Crippen molar-refractivity contribution in [1.82, 2.24) is 27.0 Å². The number of hydrogen-bond acceptors (Lipinski definition) is 0. The minimum absolute atomic E-state index is 0. The van der Waals surface area contributed by atoms with Gasteiger partial charge in [-0.1, -0.05) is 299 Å². The van der Waals surface area contributed by atoms with E-state index in [-0.39, 0.29) is 95.2 Å². The molecule has 0 unspecified atom stereocenters. The van der Waals surface area contributed by atoms with Gasteiger partial charge in [0.2, 0.25) is 0 Å². The van der Waals surface area contributed by atoms with Crippen molar-refractivity contribution in [2.45, 2.75) is 266 Å². The number of imidazole rings is 6. The van der Waals surface area contributed by atoms with Gasteiger partial charge in [0, 0.05) is 0 Å². The fraction of sp³-hybridized carbons (Fsp3) is 0.455. The normalized spacial score (nSPS) is 11.5. The van der Waals surface area contributed by atoms with Crippen LogP contribution in [0.25, 0.3) is 0 Å². The van der Waals surface area contributed by atoms with Crippen molar-refractivity contribution in [3.05, 3.63) is 277 Å². The number of halogens is 2. The maximum Gasteiger partial charge on any atom is 2.00 e. The topological polar surface area (TPSA) is 52.9 Å². The molecule has 12 nitrogen and oxygen atoms in total. The molecule has 5 aromatic carbocycles. The first-order valence-corrected chi connectivity index (χ1v) is 38.0. The second-order valence-electron chi connectivity index (χ2n) is 31.8. The van der Waals surface area contributed by atoms with E-state index >= 15 is 0 Å². The van der Waals surface area contributed by atoms with E-state index in [0.29, 0.717) is 35.5 Å². The number of rotatable bonds is 20. The number of aryl methyl sites for hydroxylation is 4. The monoisotopic (exact) mass is 1550 g/mol. The zero-order valence-corrected chi connectivity index (χ0v) is 73.0. The number of benzene rings is 5. The summed E-state index contributed by atoms with van der Waals surface area (Å²) in [6.07, 6.45) is 36.9. The molecule has 0 aliphatic rings. The first-order chi connectivity index (χ1) is 48.2. The molecule has 6 aromatic heterocycles. The minimum Gasteiger partial charge on any atom is -1.00 e. The Hall–Kier alpha value is -6.89. The molecule has 6 heterocycles. The van der Waals surface area contributed by atoms with Crippen molar-refractivity contribution in [2.24, 2.45) is 0 Å². The summed E-state index contributed by atoms with van der Waals surface area (Å²) in [4.78, 5) is 0. The maximum atomic E-state index is 3.83. The summed E-state index contributed by atoms with van der Waals surface area (Å²) in [6.45, 7) is 58.6. The molecule has 574 valence electrons. The second kappa shape index (κ2) is 41.6. The Bertz CT molecular complexity index is 3620. The van der Waals surface area contributed by atoms with Crippen LogP contribution < -0.4 is 63.0 Å². The molecule has 0 fully saturated rings. The summed E-state index contributed by atoms with van der Waals surface area (Å²) in [5.41, 5.74) is 15.2. The van der Waals surface area contributed by atoms with E-state index in [1.165, 1.54) is 67.3 Å². The van der Waals surface area contributed by atoms with E-state index in [1.54, 1.807) is 0 Å². The Morgan fingerprint density at radius 1 is 0.274 bits per heavy atom. The fourth-order valence-electron chi connectivity index (χ4n) is 13.5. The molecule has 0 atom stereocenters. The van der Waals surface area contributed by atoms with Gasteiger partial charge in [-0.2, -0.15) is 0 Å². The van der Waals surface area contributed by atoms with Crippen LogP contribution in [0.4, 0.5) is 0 Å². The second-order valence-corrected chi connectivity index (χ2v) is 31.8. The molecule has 0 saturated heterocycles. The quantitative estimate of drug-likeness (QED) is 0.0415. The Kier molecular flexibility index (Phi) is 36.6. The van der Waals surface area contributed by atoms with Crippen LogP contribution in [-0.2, 0) is 34.1 Å². The van der Waals surface area contributed by atoms with Crippen LogP contribution in [-0.4, -0.2) is 40.1 Å². The van der Waals surface area contributed by atoms with Crippen molar-refractivity contribution in [1.29, 1.82) is 0 Å². The van der Waals surface area contributed by atoms with Gasteiger partial charge in [-0.15, -0.1) is 0 Å². The predicted molar refractivity (Wildman–Crippen MR) is 422 cm³/mol. The maximum absolute atomic E-state index is 3.83. The van der Waals surface area contributed by atoms with Gasteiger partial charge in [0.15, 0.2) is 38.0 Å². The Balaban J connectivity index is 0.000000412. The largest absolute Gasteiger partial charge is 2.00 e. The van der Waals surface area contributed by atoms with Gasteiger partial charge >= 0.3 is 47.2 Å². The number of nitrogens with zero attached hydrogens (tertiary/aromatic N) is 12. The third kappa shape index (κ3) is 21.7. The molecule has 0 aliphatic heterocycles. The van der Waals surface area contributed by atoms with Crippen molar-refractivity contribution < 1.29 is 86.2 Å². The molecule has 0 spiro atoms. The van der Waals surface area contributed by atoms with Crippen LogP contribution >= 0.6 is 0 Å². The third-order valence-corrected chi connectivity index (χ3v) is 19.2. The molecule has 18 heteroatoms. The van der Waals surface area contributed by atoms with E-state index in [4.69, 9.17) is 0 Å². The molecule has 11 rings (SSSR count). The molecule has 11 aromatic rings. The first-order valence-electron chi connectivity index (χ1n) is 38.0. The molecule has 106 heavy (non-hydrogen) atoms. The van der Waals surface area contributed by atoms with Crippen molar-refractivity contribution in [3.8, 4) is 0 Å². The van der Waals surface area contributed by atoms with Gasteiger partial charge in [-0.3, -0.25) is 0 Å². The van der Waals surface area contributed by atoms with E-state index in [0.717, 1.165) is 0 Å². The van der Waals surface area contributed by atoms with Crippen LogP contribution in [0.15, 0.2) is 183 Å². The van der Waals surface area contributed by atoms with Crippen LogP contribution in [0.3, 0.4) is 0 Å². The summed E-state index contributed by atoms with van der Waals surface area (Å²) >= 11 is 0. The predicted octanol–water partition coefficient (Wildman–Crippen LogP) is 10.8. The fourth-order valence-corrected chi connectivity index (χ4v) is 13.5. The van der Waals surface area contributed by atoms with Crippen molar-refractivity contribution >= 4 is 24.0 Å². The van der Waals surface area contributed by atoms with Crippen molar-refractivity contribution in [3.63, 3.8) is 0 Å². The SMILES string of the molecule is CC(C)c1c[n+]([B-](c2ccccc2)(n2[c-][n+](C(C)C)c(C(C)C)c2)n2[c-][n+](C(C)C)c(C(C)C)c2)[c-]n1C(C)C.CC(C)c1c[n+]([B-](c2ccccc2)(n2[c-][n+](C(C)C)c(C(C)C)c2)n2[c-][n+](C(C)C)c(C(C)C)c2)[c-]n1C(C)C.Cc1ccc(C)cc1.Cc1ccccc1.Cc1ccccc1.[Cl-].[Cl-].[Fe+2].[Fe+2]. The molecule has 0 bridgehead atoms. The standard InChI is InChI=1S/2C33H50BN6.C8H10.2C7H8.2ClH.2Fe/c2*1-24(2)31-18-35(21-38(31)27(7)8)34(30-16-14-13-15-17-30,36-19-32(25(3)4)39(22-36)28(9)10)37-20-33(26(5)6)40(23-37)29(11)12;1-7-3-5-8(2)6-4-7;2*1-7-5-3-2-4-6-7;;;;/h2*13-20,24-29H,1-12H3;3-6H,1-2H3;2*2-6H,1H3;2*1H;;/q2*-1;;;;;;2*+2/p-2. The third-order valence-electron chi connectivity index (χ3n) is 19.2. The van der Waals surface area contributed by atoms with Crippen molar-refractivity contribution in [2.75, 3.05) is 0 Å². The molecule has 0 aliphatic carbocycles. The van der Waals surface area contributed by atoms with Gasteiger partial charge in [-0.25, -0.2) is 0 Å².